The van der Waals surface area contributed by atoms with Crippen LogP contribution in [-0.2, 0) is 9.53 Å². The van der Waals surface area contributed by atoms with Crippen molar-refractivity contribution >= 4 is 17.2 Å². The van der Waals surface area contributed by atoms with Gasteiger partial charge < -0.3 is 4.74 Å². The fourth-order valence-electron chi connectivity index (χ4n) is 4.42. The van der Waals surface area contributed by atoms with E-state index in [0.717, 1.165) is 24.6 Å². The van der Waals surface area contributed by atoms with Crippen LogP contribution < -0.4 is 4.90 Å². The molecule has 0 spiro atoms. The molecule has 10 heteroatoms. The number of rotatable bonds is 4. The summed E-state index contributed by atoms with van der Waals surface area (Å²) >= 11 is 0. The molecule has 0 N–H and O–H groups in total. The van der Waals surface area contributed by atoms with Crippen molar-refractivity contribution in [3.63, 3.8) is 0 Å². The lowest BCUT2D eigenvalue weighted by Gasteiger charge is -2.25. The molecule has 0 radical (unpaired) electrons. The number of fused-ring (bicyclic) bond motifs is 1. The van der Waals surface area contributed by atoms with Gasteiger partial charge in [0.2, 0.25) is 5.91 Å². The first kappa shape index (κ1) is 17.5. The van der Waals surface area contributed by atoms with Crippen molar-refractivity contribution in [1.82, 2.24) is 24.4 Å². The van der Waals surface area contributed by atoms with E-state index in [1.807, 2.05) is 10.9 Å². The normalized spacial score (nSPS) is 24.4. The molecule has 1 amide bonds. The molecule has 2 saturated heterocycles. The van der Waals surface area contributed by atoms with Gasteiger partial charge in [-0.25, -0.2) is 13.9 Å². The van der Waals surface area contributed by atoms with Crippen LogP contribution in [0.2, 0.25) is 0 Å². The molecule has 5 heterocycles. The summed E-state index contributed by atoms with van der Waals surface area (Å²) in [4.78, 5) is 19.4. The number of hydrogen-bond donors (Lipinski definition) is 0. The van der Waals surface area contributed by atoms with Crippen molar-refractivity contribution in [2.24, 2.45) is 11.3 Å². The number of hydrogen-bond acceptors (Lipinski definition) is 6. The van der Waals surface area contributed by atoms with Crippen molar-refractivity contribution in [3.05, 3.63) is 30.6 Å². The van der Waals surface area contributed by atoms with E-state index >= 15 is 0 Å². The monoisotopic (exact) mass is 407 g/mol. The summed E-state index contributed by atoms with van der Waals surface area (Å²) in [7, 11) is 0. The Morgan fingerprint density at radius 3 is 2.77 bits per heavy atom. The van der Waals surface area contributed by atoms with Crippen LogP contribution in [0.3, 0.4) is 0 Å². The second kappa shape index (κ2) is 6.09. The van der Waals surface area contributed by atoms with Crippen LogP contribution in [0.5, 0.6) is 0 Å². The van der Waals surface area contributed by atoms with Crippen LogP contribution in [-0.4, -0.2) is 50.0 Å². The van der Waals surface area contributed by atoms with Gasteiger partial charge in [-0.1, -0.05) is 0 Å². The van der Waals surface area contributed by atoms with E-state index in [4.69, 9.17) is 4.74 Å². The van der Waals surface area contributed by atoms with Gasteiger partial charge in [0.15, 0.2) is 11.6 Å². The maximum absolute atomic E-state index is 14.6. The smallest absolute Gasteiger partial charge is 0.249 e. The number of amides is 1. The summed E-state index contributed by atoms with van der Waals surface area (Å²) in [5.74, 6) is -0.566. The average Bonchev–Trinajstić information content (AvgIpc) is 3.19. The predicted octanol–water partition coefficient (Wildman–Crippen LogP) is 1.96. The molecule has 3 aliphatic rings. The third-order valence-electron chi connectivity index (χ3n) is 6.41. The van der Waals surface area contributed by atoms with Gasteiger partial charge in [-0.15, -0.1) is 0 Å². The Kier molecular flexibility index (Phi) is 3.56. The van der Waals surface area contributed by atoms with Crippen molar-refractivity contribution < 1.29 is 13.9 Å². The van der Waals surface area contributed by atoms with Gasteiger partial charge >= 0.3 is 0 Å². The second-order valence-electron chi connectivity index (χ2n) is 8.20. The van der Waals surface area contributed by atoms with E-state index in [-0.39, 0.29) is 29.2 Å². The summed E-state index contributed by atoms with van der Waals surface area (Å²) in [5, 5.41) is 18.2. The summed E-state index contributed by atoms with van der Waals surface area (Å²) in [6.45, 7) is 1.56. The first-order valence-corrected chi connectivity index (χ1v) is 10.00. The van der Waals surface area contributed by atoms with Crippen LogP contribution >= 0.6 is 0 Å². The third-order valence-corrected chi connectivity index (χ3v) is 6.41. The number of halogens is 1. The number of anilines is 1. The molecular weight excluding hydrogens is 389 g/mol. The topological polar surface area (TPSA) is 101 Å². The maximum atomic E-state index is 14.6. The van der Waals surface area contributed by atoms with Crippen LogP contribution in [0.1, 0.15) is 25.3 Å². The van der Waals surface area contributed by atoms with Crippen LogP contribution in [0.25, 0.3) is 16.8 Å². The SMILES string of the molecule is N#C[C@@]1(C2CC2)CCN(c2nc(-c3cnn(C4COC4)c3)cn3ncc(F)c23)C1=O. The van der Waals surface area contributed by atoms with E-state index in [9.17, 15) is 14.4 Å². The molecule has 1 saturated carbocycles. The summed E-state index contributed by atoms with van der Waals surface area (Å²) in [5.41, 5.74) is 0.374. The lowest BCUT2D eigenvalue weighted by atomic mass is 9.83. The minimum atomic E-state index is -1.03. The van der Waals surface area contributed by atoms with E-state index in [1.165, 1.54) is 9.42 Å². The zero-order chi connectivity index (χ0) is 20.5. The fourth-order valence-corrected chi connectivity index (χ4v) is 4.42. The van der Waals surface area contributed by atoms with E-state index < -0.39 is 11.2 Å². The number of carbonyl (C=O) groups is 1. The molecule has 0 aromatic carbocycles. The van der Waals surface area contributed by atoms with Gasteiger partial charge in [0.05, 0.1) is 49.6 Å². The summed E-state index contributed by atoms with van der Waals surface area (Å²) in [6.07, 6.45) is 8.47. The largest absolute Gasteiger partial charge is 0.377 e. The Labute approximate surface area is 170 Å². The highest BCUT2D eigenvalue weighted by atomic mass is 19.1. The molecule has 9 nitrogen and oxygen atoms in total. The Morgan fingerprint density at radius 2 is 2.07 bits per heavy atom. The Bertz CT molecular complexity index is 1220. The van der Waals surface area contributed by atoms with Crippen LogP contribution in [0.4, 0.5) is 10.2 Å². The lowest BCUT2D eigenvalue weighted by molar-refractivity contribution is -0.123. The number of nitriles is 1. The quantitative estimate of drug-likeness (QED) is 0.655. The molecule has 3 aromatic heterocycles. The highest BCUT2D eigenvalue weighted by Crippen LogP contribution is 2.52. The summed E-state index contributed by atoms with van der Waals surface area (Å²) in [6, 6.07) is 2.45. The Hall–Kier alpha value is -3.32. The maximum Gasteiger partial charge on any atom is 0.249 e. The molecule has 2 aliphatic heterocycles. The van der Waals surface area contributed by atoms with Gasteiger partial charge in [0, 0.05) is 18.3 Å². The van der Waals surface area contributed by atoms with E-state index in [2.05, 4.69) is 21.3 Å². The third kappa shape index (κ3) is 2.35. The molecule has 3 aromatic rings. The zero-order valence-corrected chi connectivity index (χ0v) is 16.0. The molecule has 0 unspecified atom stereocenters. The van der Waals surface area contributed by atoms with Gasteiger partial charge in [-0.2, -0.15) is 15.5 Å². The molecule has 3 fully saturated rings. The first-order chi connectivity index (χ1) is 14.6. The van der Waals surface area contributed by atoms with Crippen molar-refractivity contribution in [2.75, 3.05) is 24.7 Å². The van der Waals surface area contributed by atoms with Crippen molar-refractivity contribution in [1.29, 1.82) is 5.26 Å². The van der Waals surface area contributed by atoms with Crippen molar-refractivity contribution in [2.45, 2.75) is 25.3 Å². The summed E-state index contributed by atoms with van der Waals surface area (Å²) < 4.78 is 23.0. The average molecular weight is 407 g/mol. The van der Waals surface area contributed by atoms with Gasteiger partial charge in [-0.05, 0) is 25.2 Å². The van der Waals surface area contributed by atoms with Gasteiger partial charge in [0.25, 0.3) is 0 Å². The van der Waals surface area contributed by atoms with Crippen LogP contribution in [0.15, 0.2) is 24.8 Å². The van der Waals surface area contributed by atoms with Gasteiger partial charge in [-0.3, -0.25) is 14.4 Å². The highest BCUT2D eigenvalue weighted by Gasteiger charge is 2.57. The molecule has 6 rings (SSSR count). The minimum Gasteiger partial charge on any atom is -0.377 e. The number of nitrogens with zero attached hydrogens (tertiary/aromatic N) is 7. The van der Waals surface area contributed by atoms with Crippen LogP contribution in [0, 0.1) is 28.5 Å². The number of aromatic nitrogens is 5. The lowest BCUT2D eigenvalue weighted by Crippen LogP contribution is -2.36. The predicted molar refractivity (Wildman–Crippen MR) is 102 cm³/mol. The molecular formula is C20H18FN7O2. The molecule has 152 valence electrons. The standard InChI is InChI=1S/C20H18FN7O2/c21-15-6-24-28-8-16(12-5-23-27(7-12)14-9-30-10-14)25-18(17(15)28)26-4-3-20(11-22,19(26)29)13-1-2-13/h5-8,13-14H,1-4,9-10H2/t20-/m1/s1. The molecule has 0 bridgehead atoms. The van der Waals surface area contributed by atoms with Crippen molar-refractivity contribution in [3.8, 4) is 17.3 Å². The number of carbonyl (C=O) groups excluding carboxylic acids is 1. The first-order valence-electron chi connectivity index (χ1n) is 10.00. The number of ether oxygens (including phenoxy) is 1. The zero-order valence-electron chi connectivity index (χ0n) is 16.0. The fraction of sp³-hybridized carbons (Fsp3) is 0.450. The molecule has 1 aliphatic carbocycles. The van der Waals surface area contributed by atoms with E-state index in [1.54, 1.807) is 12.4 Å². The minimum absolute atomic E-state index is 0.0805. The van der Waals surface area contributed by atoms with E-state index in [0.29, 0.717) is 31.9 Å². The molecule has 1 atom stereocenters. The molecule has 30 heavy (non-hydrogen) atoms. The Morgan fingerprint density at radius 1 is 1.23 bits per heavy atom. The second-order valence-corrected chi connectivity index (χ2v) is 8.20. The van der Waals surface area contributed by atoms with Gasteiger partial charge in [0.1, 0.15) is 10.9 Å². The Balaban J connectivity index is 1.45. The highest BCUT2D eigenvalue weighted by molar-refractivity contribution is 6.04.